The van der Waals surface area contributed by atoms with Gasteiger partial charge < -0.3 is 15.6 Å². The second kappa shape index (κ2) is 4.25. The van der Waals surface area contributed by atoms with Crippen molar-refractivity contribution in [2.24, 2.45) is 0 Å². The van der Waals surface area contributed by atoms with E-state index in [9.17, 15) is 5.21 Å². The predicted octanol–water partition coefficient (Wildman–Crippen LogP) is 2.69. The third-order valence-electron chi connectivity index (χ3n) is 4.66. The topological polar surface area (TPSA) is 39.5 Å². The molecule has 1 saturated carbocycles. The molecule has 0 saturated heterocycles. The first-order valence-corrected chi connectivity index (χ1v) is 7.09. The Kier molecular flexibility index (Phi) is 2.83. The summed E-state index contributed by atoms with van der Waals surface area (Å²) < 4.78 is 0. The first kappa shape index (κ1) is 12.0. The molecule has 0 spiro atoms. The molecule has 1 aliphatic heterocycles. The van der Waals surface area contributed by atoms with Crippen molar-refractivity contribution < 1.29 is 5.06 Å². The molecule has 1 aromatic rings. The molecule has 3 heteroatoms. The minimum Gasteiger partial charge on any atom is -0.627 e. The highest BCUT2D eigenvalue weighted by Gasteiger charge is 2.36. The quantitative estimate of drug-likeness (QED) is 0.805. The van der Waals surface area contributed by atoms with Crippen LogP contribution in [0.1, 0.15) is 51.5 Å². The second-order valence-corrected chi connectivity index (χ2v) is 6.02. The lowest BCUT2D eigenvalue weighted by molar-refractivity contribution is -0.796. The Bertz CT molecular complexity index is 454. The van der Waals surface area contributed by atoms with E-state index in [2.05, 4.69) is 37.4 Å². The molecule has 0 amide bonds. The molecule has 2 N–H and O–H groups in total. The predicted molar refractivity (Wildman–Crippen MR) is 74.0 cm³/mol. The highest BCUT2D eigenvalue weighted by Crippen LogP contribution is 2.44. The number of hydroxylamine groups is 1. The Morgan fingerprint density at radius 1 is 1.44 bits per heavy atom. The number of quaternary nitrogens is 1. The Morgan fingerprint density at radius 3 is 2.83 bits per heavy atom. The minimum atomic E-state index is 0.00875. The first-order valence-electron chi connectivity index (χ1n) is 7.09. The average Bonchev–Trinajstić information content (AvgIpc) is 2.64. The van der Waals surface area contributed by atoms with Gasteiger partial charge in [-0.2, -0.15) is 0 Å². The van der Waals surface area contributed by atoms with E-state index in [0.29, 0.717) is 5.41 Å². The van der Waals surface area contributed by atoms with Gasteiger partial charge in [0.05, 0.1) is 0 Å². The number of benzene rings is 1. The molecule has 98 valence electrons. The molecule has 2 aliphatic rings. The summed E-state index contributed by atoms with van der Waals surface area (Å²) in [5.74, 6) is 0. The van der Waals surface area contributed by atoms with Crippen LogP contribution in [-0.2, 0) is 5.41 Å². The van der Waals surface area contributed by atoms with Gasteiger partial charge in [-0.05, 0) is 36.3 Å². The van der Waals surface area contributed by atoms with Crippen LogP contribution in [-0.4, -0.2) is 6.17 Å². The maximum absolute atomic E-state index is 12.3. The van der Waals surface area contributed by atoms with Crippen LogP contribution in [0.2, 0.25) is 0 Å². The molecule has 0 aromatic heterocycles. The van der Waals surface area contributed by atoms with Crippen LogP contribution < -0.4 is 10.4 Å². The lowest BCUT2D eigenvalue weighted by Crippen LogP contribution is -3.05. The fourth-order valence-corrected chi connectivity index (χ4v) is 3.18. The van der Waals surface area contributed by atoms with Crippen molar-refractivity contribution in [1.29, 1.82) is 0 Å². The molecule has 1 aromatic carbocycles. The van der Waals surface area contributed by atoms with Crippen molar-refractivity contribution in [1.82, 2.24) is 0 Å². The molecular weight excluding hydrogens is 224 g/mol. The fraction of sp³-hybridized carbons (Fsp3) is 0.600. The summed E-state index contributed by atoms with van der Waals surface area (Å²) in [4.78, 5) is 0. The van der Waals surface area contributed by atoms with Gasteiger partial charge in [-0.25, -0.2) is 0 Å². The van der Waals surface area contributed by atoms with Crippen LogP contribution in [0.3, 0.4) is 0 Å². The van der Waals surface area contributed by atoms with Crippen LogP contribution in [0.25, 0.3) is 0 Å². The Balaban J connectivity index is 1.89. The van der Waals surface area contributed by atoms with E-state index in [-0.39, 0.29) is 11.2 Å². The zero-order valence-electron chi connectivity index (χ0n) is 11.3. The minimum absolute atomic E-state index is 0.00875. The number of rotatable bonds is 3. The Hall–Kier alpha value is -1.06. The van der Waals surface area contributed by atoms with E-state index >= 15 is 0 Å². The van der Waals surface area contributed by atoms with Gasteiger partial charge in [0, 0.05) is 12.5 Å². The first-order chi connectivity index (χ1) is 8.64. The van der Waals surface area contributed by atoms with Crippen LogP contribution >= 0.6 is 0 Å². The molecule has 0 bridgehead atoms. The van der Waals surface area contributed by atoms with Gasteiger partial charge in [0.25, 0.3) is 0 Å². The molecule has 18 heavy (non-hydrogen) atoms. The zero-order valence-corrected chi connectivity index (χ0v) is 11.3. The van der Waals surface area contributed by atoms with Crippen LogP contribution in [0.15, 0.2) is 18.2 Å². The summed E-state index contributed by atoms with van der Waals surface area (Å²) in [6, 6.07) is 6.44. The molecule has 1 aliphatic carbocycles. The monoisotopic (exact) mass is 246 g/mol. The Morgan fingerprint density at radius 2 is 2.22 bits per heavy atom. The third-order valence-corrected chi connectivity index (χ3v) is 4.66. The van der Waals surface area contributed by atoms with Gasteiger partial charge in [-0.3, -0.25) is 0 Å². The number of hydrogen-bond acceptors (Lipinski definition) is 2. The third kappa shape index (κ3) is 1.73. The highest BCUT2D eigenvalue weighted by molar-refractivity contribution is 5.66. The van der Waals surface area contributed by atoms with Crippen molar-refractivity contribution in [3.8, 4) is 0 Å². The van der Waals surface area contributed by atoms with Crippen LogP contribution in [0.5, 0.6) is 0 Å². The van der Waals surface area contributed by atoms with E-state index in [1.165, 1.54) is 24.8 Å². The molecular formula is C15H22N2O. The maximum atomic E-state index is 12.3. The van der Waals surface area contributed by atoms with E-state index < -0.39 is 0 Å². The molecule has 3 rings (SSSR count). The summed E-state index contributed by atoms with van der Waals surface area (Å²) >= 11 is 0. The standard InChI is InChI=1S/C15H22N2O/c1-3-5-14-16-12-7-6-11(10-13(12)17(14)18)15(2)8-4-9-15/h6-7,10,14,16-17H,3-5,8-9H2,1-2H3. The summed E-state index contributed by atoms with van der Waals surface area (Å²) in [7, 11) is 0. The fourth-order valence-electron chi connectivity index (χ4n) is 3.18. The highest BCUT2D eigenvalue weighted by atomic mass is 16.5. The summed E-state index contributed by atoms with van der Waals surface area (Å²) in [6.45, 7) is 4.44. The number of anilines is 1. The number of fused-ring (bicyclic) bond motifs is 1. The van der Waals surface area contributed by atoms with Crippen molar-refractivity contribution in [3.05, 3.63) is 29.0 Å². The average molecular weight is 246 g/mol. The van der Waals surface area contributed by atoms with Gasteiger partial charge in [-0.1, -0.05) is 26.3 Å². The smallest absolute Gasteiger partial charge is 0.165 e. The molecule has 2 unspecified atom stereocenters. The van der Waals surface area contributed by atoms with Crippen LogP contribution in [0.4, 0.5) is 11.4 Å². The van der Waals surface area contributed by atoms with E-state index in [4.69, 9.17) is 0 Å². The van der Waals surface area contributed by atoms with Crippen molar-refractivity contribution >= 4 is 11.4 Å². The van der Waals surface area contributed by atoms with Crippen molar-refractivity contribution in [2.75, 3.05) is 5.32 Å². The Labute approximate surface area is 109 Å². The number of hydrogen-bond donors (Lipinski definition) is 2. The molecule has 1 fully saturated rings. The molecule has 3 nitrogen and oxygen atoms in total. The summed E-state index contributed by atoms with van der Waals surface area (Å²) in [6.07, 6.45) is 5.81. The summed E-state index contributed by atoms with van der Waals surface area (Å²) in [5.41, 5.74) is 3.61. The van der Waals surface area contributed by atoms with Gasteiger partial charge >= 0.3 is 0 Å². The van der Waals surface area contributed by atoms with Crippen molar-refractivity contribution in [2.45, 2.75) is 57.5 Å². The summed E-state index contributed by atoms with van der Waals surface area (Å²) in [5, 5.41) is 15.9. The van der Waals surface area contributed by atoms with E-state index in [1.807, 2.05) is 0 Å². The lowest BCUT2D eigenvalue weighted by atomic mass is 9.66. The van der Waals surface area contributed by atoms with E-state index in [1.54, 1.807) is 0 Å². The van der Waals surface area contributed by atoms with Crippen LogP contribution in [0, 0.1) is 5.21 Å². The van der Waals surface area contributed by atoms with Gasteiger partial charge in [0.15, 0.2) is 11.9 Å². The molecule has 1 heterocycles. The SMILES string of the molecule is CCCC1Nc2ccc(C3(C)CCC3)cc2[NH+]1[O-]. The van der Waals surface area contributed by atoms with Gasteiger partial charge in [0.2, 0.25) is 0 Å². The molecule has 0 radical (unpaired) electrons. The van der Waals surface area contributed by atoms with Crippen molar-refractivity contribution in [3.63, 3.8) is 0 Å². The molecule has 2 atom stereocenters. The maximum Gasteiger partial charge on any atom is 0.165 e. The lowest BCUT2D eigenvalue weighted by Gasteiger charge is -2.39. The van der Waals surface area contributed by atoms with E-state index in [0.717, 1.165) is 24.2 Å². The normalized spacial score (nSPS) is 28.4. The largest absolute Gasteiger partial charge is 0.627 e. The number of nitrogens with one attached hydrogen (secondary N) is 2. The zero-order chi connectivity index (χ0) is 12.8. The van der Waals surface area contributed by atoms with Gasteiger partial charge in [-0.15, -0.1) is 0 Å². The van der Waals surface area contributed by atoms with Gasteiger partial charge in [0.1, 0.15) is 5.69 Å². The second-order valence-electron chi connectivity index (χ2n) is 6.02.